The number of nitrogens with zero attached hydrogens (tertiary/aromatic N) is 2. The van der Waals surface area contributed by atoms with Crippen molar-refractivity contribution < 1.29 is 9.53 Å². The smallest absolute Gasteiger partial charge is 0.249 e. The lowest BCUT2D eigenvalue weighted by Crippen LogP contribution is -2.31. The molecular weight excluding hydrogens is 399 g/mol. The van der Waals surface area contributed by atoms with Crippen molar-refractivity contribution in [3.63, 3.8) is 0 Å². The molecule has 146 valence electrons. The molecule has 8 heteroatoms. The molecule has 1 amide bonds. The van der Waals surface area contributed by atoms with Crippen LogP contribution in [0.1, 0.15) is 25.0 Å². The zero-order valence-corrected chi connectivity index (χ0v) is 17.0. The fourth-order valence-electron chi connectivity index (χ4n) is 2.60. The number of ether oxygens (including phenoxy) is 1. The second-order valence-corrected chi connectivity index (χ2v) is 7.33. The number of nitrogens with one attached hydrogen (secondary N) is 2. The van der Waals surface area contributed by atoms with E-state index in [9.17, 15) is 4.79 Å². The summed E-state index contributed by atoms with van der Waals surface area (Å²) in [6.07, 6.45) is 0.524. The SMILES string of the molecule is CC(C)=N/N=C1\NC(=O)C(Cc2ccc(OCc3c(Cl)cccc3Cl)cc2)N1. The first-order valence-electron chi connectivity index (χ1n) is 8.73. The van der Waals surface area contributed by atoms with Crippen LogP contribution in [-0.4, -0.2) is 23.6 Å². The second-order valence-electron chi connectivity index (χ2n) is 6.52. The normalized spacial score (nSPS) is 17.2. The van der Waals surface area contributed by atoms with Crippen molar-refractivity contribution in [2.75, 3.05) is 0 Å². The van der Waals surface area contributed by atoms with Crippen LogP contribution < -0.4 is 15.4 Å². The van der Waals surface area contributed by atoms with Crippen molar-refractivity contribution in [2.24, 2.45) is 10.2 Å². The van der Waals surface area contributed by atoms with Gasteiger partial charge in [0, 0.05) is 27.7 Å². The topological polar surface area (TPSA) is 75.1 Å². The lowest BCUT2D eigenvalue weighted by molar-refractivity contribution is -0.120. The zero-order valence-electron chi connectivity index (χ0n) is 15.5. The number of guanidine groups is 1. The minimum Gasteiger partial charge on any atom is -0.489 e. The fourth-order valence-corrected chi connectivity index (χ4v) is 3.11. The lowest BCUT2D eigenvalue weighted by Gasteiger charge is -2.11. The Morgan fingerprint density at radius 1 is 1.11 bits per heavy atom. The van der Waals surface area contributed by atoms with Crippen LogP contribution in [0.25, 0.3) is 0 Å². The van der Waals surface area contributed by atoms with Gasteiger partial charge in [-0.2, -0.15) is 5.10 Å². The van der Waals surface area contributed by atoms with E-state index in [1.165, 1.54) is 0 Å². The van der Waals surface area contributed by atoms with Crippen LogP contribution in [-0.2, 0) is 17.8 Å². The van der Waals surface area contributed by atoms with Crippen LogP contribution in [0.4, 0.5) is 0 Å². The van der Waals surface area contributed by atoms with Crippen LogP contribution >= 0.6 is 23.2 Å². The van der Waals surface area contributed by atoms with E-state index in [2.05, 4.69) is 20.8 Å². The third kappa shape index (κ3) is 5.24. The molecule has 0 spiro atoms. The number of hydrogen-bond acceptors (Lipinski definition) is 4. The minimum absolute atomic E-state index is 0.128. The van der Waals surface area contributed by atoms with E-state index in [0.29, 0.717) is 28.2 Å². The molecule has 1 fully saturated rings. The molecule has 6 nitrogen and oxygen atoms in total. The van der Waals surface area contributed by atoms with E-state index in [1.807, 2.05) is 38.1 Å². The Kier molecular flexibility index (Phi) is 6.54. The second kappa shape index (κ2) is 9.08. The maximum atomic E-state index is 12.1. The Balaban J connectivity index is 1.58. The average molecular weight is 419 g/mol. The number of hydrogen-bond donors (Lipinski definition) is 2. The Hall–Kier alpha value is -2.57. The van der Waals surface area contributed by atoms with Gasteiger partial charge in [0.2, 0.25) is 11.9 Å². The molecule has 0 aliphatic carbocycles. The van der Waals surface area contributed by atoms with E-state index in [4.69, 9.17) is 27.9 Å². The average Bonchev–Trinajstić information content (AvgIpc) is 3.00. The van der Waals surface area contributed by atoms with E-state index in [-0.39, 0.29) is 18.6 Å². The summed E-state index contributed by atoms with van der Waals surface area (Å²) < 4.78 is 5.77. The summed E-state index contributed by atoms with van der Waals surface area (Å²) in [5.41, 5.74) is 2.55. The van der Waals surface area contributed by atoms with Crippen molar-refractivity contribution in [3.05, 3.63) is 63.6 Å². The van der Waals surface area contributed by atoms with Crippen LogP contribution in [0, 0.1) is 0 Å². The number of halogens is 2. The van der Waals surface area contributed by atoms with Crippen LogP contribution in [0.15, 0.2) is 52.7 Å². The molecule has 1 saturated heterocycles. The minimum atomic E-state index is -0.389. The molecule has 28 heavy (non-hydrogen) atoms. The number of benzene rings is 2. The van der Waals surface area contributed by atoms with Gasteiger partial charge in [-0.1, -0.05) is 41.4 Å². The lowest BCUT2D eigenvalue weighted by atomic mass is 10.1. The van der Waals surface area contributed by atoms with Gasteiger partial charge >= 0.3 is 0 Å². The van der Waals surface area contributed by atoms with Gasteiger partial charge in [0.25, 0.3) is 0 Å². The molecule has 0 bridgehead atoms. The molecule has 0 radical (unpaired) electrons. The molecule has 1 aliphatic rings. The van der Waals surface area contributed by atoms with Gasteiger partial charge in [0.15, 0.2) is 0 Å². The Labute approximate surface area is 173 Å². The highest BCUT2D eigenvalue weighted by atomic mass is 35.5. The summed E-state index contributed by atoms with van der Waals surface area (Å²) in [5.74, 6) is 0.933. The fraction of sp³-hybridized carbons (Fsp3) is 0.250. The maximum Gasteiger partial charge on any atom is 0.249 e. The van der Waals surface area contributed by atoms with Crippen molar-refractivity contribution in [3.8, 4) is 5.75 Å². The number of carbonyl (C=O) groups is 1. The Morgan fingerprint density at radius 2 is 1.79 bits per heavy atom. The van der Waals surface area contributed by atoms with Crippen molar-refractivity contribution in [1.82, 2.24) is 10.6 Å². The molecule has 0 aromatic heterocycles. The highest BCUT2D eigenvalue weighted by Gasteiger charge is 2.28. The molecule has 1 heterocycles. The predicted molar refractivity (Wildman–Crippen MR) is 112 cm³/mol. The monoisotopic (exact) mass is 418 g/mol. The molecular formula is C20H20Cl2N4O2. The van der Waals surface area contributed by atoms with E-state index in [1.54, 1.807) is 18.2 Å². The van der Waals surface area contributed by atoms with Gasteiger partial charge in [-0.25, -0.2) is 0 Å². The third-order valence-electron chi connectivity index (χ3n) is 4.03. The molecule has 1 unspecified atom stereocenters. The van der Waals surface area contributed by atoms with E-state index < -0.39 is 0 Å². The van der Waals surface area contributed by atoms with E-state index >= 15 is 0 Å². The summed E-state index contributed by atoms with van der Waals surface area (Å²) in [5, 5.41) is 14.8. The molecule has 2 aromatic rings. The number of amides is 1. The van der Waals surface area contributed by atoms with Crippen LogP contribution in [0.2, 0.25) is 10.0 Å². The first-order chi connectivity index (χ1) is 13.4. The summed E-state index contributed by atoms with van der Waals surface area (Å²) in [4.78, 5) is 12.1. The standard InChI is InChI=1S/C20H20Cl2N4O2/c1-12(2)25-26-20-23-18(19(27)24-20)10-13-6-8-14(9-7-13)28-11-15-16(21)4-3-5-17(15)22/h3-9,18H,10-11H2,1-2H3,(H2,23,24,26,27). The highest BCUT2D eigenvalue weighted by molar-refractivity contribution is 6.35. The summed E-state index contributed by atoms with van der Waals surface area (Å²) >= 11 is 12.3. The summed E-state index contributed by atoms with van der Waals surface area (Å²) in [6, 6.07) is 12.5. The van der Waals surface area contributed by atoms with Gasteiger partial charge in [-0.15, -0.1) is 5.10 Å². The molecule has 1 atom stereocenters. The molecule has 0 saturated carbocycles. The van der Waals surface area contributed by atoms with Gasteiger partial charge in [-0.3, -0.25) is 10.1 Å². The van der Waals surface area contributed by atoms with Gasteiger partial charge in [0.1, 0.15) is 18.4 Å². The quantitative estimate of drug-likeness (QED) is 0.550. The summed E-state index contributed by atoms with van der Waals surface area (Å²) in [6.45, 7) is 3.95. The molecule has 2 N–H and O–H groups in total. The maximum absolute atomic E-state index is 12.1. The Morgan fingerprint density at radius 3 is 2.43 bits per heavy atom. The van der Waals surface area contributed by atoms with Crippen molar-refractivity contribution in [2.45, 2.75) is 32.9 Å². The molecule has 3 rings (SSSR count). The first-order valence-corrected chi connectivity index (χ1v) is 9.49. The van der Waals surface area contributed by atoms with Gasteiger partial charge in [-0.05, 0) is 43.7 Å². The third-order valence-corrected chi connectivity index (χ3v) is 4.74. The largest absolute Gasteiger partial charge is 0.489 e. The summed E-state index contributed by atoms with van der Waals surface area (Å²) in [7, 11) is 0. The first kappa shape index (κ1) is 20.2. The predicted octanol–water partition coefficient (Wildman–Crippen LogP) is 3.95. The van der Waals surface area contributed by atoms with Crippen LogP contribution in [0.5, 0.6) is 5.75 Å². The highest BCUT2D eigenvalue weighted by Crippen LogP contribution is 2.26. The zero-order chi connectivity index (χ0) is 20.1. The van der Waals surface area contributed by atoms with Crippen molar-refractivity contribution in [1.29, 1.82) is 0 Å². The van der Waals surface area contributed by atoms with Crippen LogP contribution in [0.3, 0.4) is 0 Å². The number of carbonyl (C=O) groups excluding carboxylic acids is 1. The van der Waals surface area contributed by atoms with Gasteiger partial charge in [0.05, 0.1) is 0 Å². The van der Waals surface area contributed by atoms with Crippen molar-refractivity contribution >= 4 is 40.8 Å². The Bertz CT molecular complexity index is 902. The van der Waals surface area contributed by atoms with Gasteiger partial charge < -0.3 is 10.1 Å². The number of rotatable bonds is 6. The molecule has 1 aliphatic heterocycles. The van der Waals surface area contributed by atoms with E-state index in [0.717, 1.165) is 16.8 Å². The molecule has 2 aromatic carbocycles.